The lowest BCUT2D eigenvalue weighted by molar-refractivity contribution is 0.0697. The summed E-state index contributed by atoms with van der Waals surface area (Å²) in [6.45, 7) is 13.1. The van der Waals surface area contributed by atoms with Gasteiger partial charge < -0.3 is 5.11 Å². The van der Waals surface area contributed by atoms with E-state index in [0.29, 0.717) is 5.69 Å². The molecule has 0 saturated carbocycles. The number of nitrogens with zero attached hydrogens (tertiary/aromatic N) is 2. The SMILES string of the molecule is CN(C)S(=O)(=O)c1ccc(-c2c(-c3ccc(C(=O)O)cc3)n[nH]c2-c2cc(C(C)(C)C)cc(C(C)(C)C)c2)cc1. The third-order valence-corrected chi connectivity index (χ3v) is 8.88. The Balaban J connectivity index is 1.99. The number of aromatic amines is 1. The molecule has 8 heteroatoms. The van der Waals surface area contributed by atoms with Crippen LogP contribution in [0.2, 0.25) is 0 Å². The summed E-state index contributed by atoms with van der Waals surface area (Å²) in [7, 11) is -0.579. The van der Waals surface area contributed by atoms with Crippen molar-refractivity contribution < 1.29 is 18.3 Å². The summed E-state index contributed by atoms with van der Waals surface area (Å²) in [5.74, 6) is -0.999. The molecule has 0 fully saturated rings. The van der Waals surface area contributed by atoms with Gasteiger partial charge in [-0.15, -0.1) is 0 Å². The number of benzene rings is 3. The molecule has 1 aromatic heterocycles. The van der Waals surface area contributed by atoms with E-state index in [0.717, 1.165) is 27.9 Å². The first-order valence-electron chi connectivity index (χ1n) is 13.1. The smallest absolute Gasteiger partial charge is 0.335 e. The van der Waals surface area contributed by atoms with E-state index in [4.69, 9.17) is 5.10 Å². The average molecular weight is 560 g/mol. The first-order valence-corrected chi connectivity index (χ1v) is 14.6. The van der Waals surface area contributed by atoms with Crippen molar-refractivity contribution in [1.29, 1.82) is 0 Å². The summed E-state index contributed by atoms with van der Waals surface area (Å²) in [4.78, 5) is 11.6. The largest absolute Gasteiger partial charge is 0.478 e. The summed E-state index contributed by atoms with van der Waals surface area (Å²) in [5, 5.41) is 17.3. The minimum Gasteiger partial charge on any atom is -0.478 e. The van der Waals surface area contributed by atoms with Crippen molar-refractivity contribution in [3.05, 3.63) is 83.4 Å². The van der Waals surface area contributed by atoms with Crippen molar-refractivity contribution in [3.63, 3.8) is 0 Å². The molecule has 2 N–H and O–H groups in total. The van der Waals surface area contributed by atoms with Gasteiger partial charge in [0.05, 0.1) is 16.2 Å². The molecule has 1 heterocycles. The third-order valence-electron chi connectivity index (χ3n) is 7.05. The van der Waals surface area contributed by atoms with Gasteiger partial charge >= 0.3 is 5.97 Å². The Labute approximate surface area is 236 Å². The maximum atomic E-state index is 12.7. The second-order valence-electron chi connectivity index (χ2n) is 12.3. The molecule has 0 saturated heterocycles. The number of carbonyl (C=O) groups is 1. The fraction of sp³-hybridized carbons (Fsp3) is 0.312. The molecular weight excluding hydrogens is 522 g/mol. The van der Waals surface area contributed by atoms with Crippen molar-refractivity contribution in [2.75, 3.05) is 14.1 Å². The van der Waals surface area contributed by atoms with Gasteiger partial charge in [-0.25, -0.2) is 17.5 Å². The second-order valence-corrected chi connectivity index (χ2v) is 14.5. The van der Waals surface area contributed by atoms with Crippen LogP contribution in [0.3, 0.4) is 0 Å². The Morgan fingerprint density at radius 1 is 0.775 bits per heavy atom. The summed E-state index contributed by atoms with van der Waals surface area (Å²) >= 11 is 0. The average Bonchev–Trinajstić information content (AvgIpc) is 3.32. The maximum Gasteiger partial charge on any atom is 0.335 e. The van der Waals surface area contributed by atoms with Crippen molar-refractivity contribution in [1.82, 2.24) is 14.5 Å². The lowest BCUT2D eigenvalue weighted by Gasteiger charge is -2.26. The molecular formula is C32H37N3O4S. The molecule has 40 heavy (non-hydrogen) atoms. The first kappa shape index (κ1) is 29.2. The van der Waals surface area contributed by atoms with Gasteiger partial charge in [-0.2, -0.15) is 5.10 Å². The second kappa shape index (κ2) is 10.3. The Morgan fingerprint density at radius 3 is 1.73 bits per heavy atom. The Bertz CT molecular complexity index is 1620. The van der Waals surface area contributed by atoms with Crippen molar-refractivity contribution in [2.24, 2.45) is 0 Å². The van der Waals surface area contributed by atoms with Crippen LogP contribution in [0.1, 0.15) is 63.0 Å². The number of hydrogen-bond donors (Lipinski definition) is 2. The molecule has 4 rings (SSSR count). The van der Waals surface area contributed by atoms with E-state index < -0.39 is 16.0 Å². The molecule has 0 amide bonds. The predicted molar refractivity (Wildman–Crippen MR) is 160 cm³/mol. The van der Waals surface area contributed by atoms with Crippen LogP contribution in [-0.4, -0.2) is 48.1 Å². The fourth-order valence-corrected chi connectivity index (χ4v) is 5.36. The molecule has 0 aliphatic rings. The molecule has 0 radical (unpaired) electrons. The number of H-pyrrole nitrogens is 1. The Hall–Kier alpha value is -3.75. The summed E-state index contributed by atoms with van der Waals surface area (Å²) in [6, 6.07) is 20.0. The number of sulfonamides is 1. The van der Waals surface area contributed by atoms with Gasteiger partial charge in [0.15, 0.2) is 0 Å². The minimum atomic E-state index is -3.59. The Morgan fingerprint density at radius 2 is 1.27 bits per heavy atom. The summed E-state index contributed by atoms with van der Waals surface area (Å²) in [5.41, 5.74) is 7.15. The van der Waals surface area contributed by atoms with E-state index in [-0.39, 0.29) is 21.3 Å². The third kappa shape index (κ3) is 5.74. The van der Waals surface area contributed by atoms with Gasteiger partial charge in [0, 0.05) is 30.8 Å². The number of nitrogens with one attached hydrogen (secondary N) is 1. The van der Waals surface area contributed by atoms with Crippen molar-refractivity contribution >= 4 is 16.0 Å². The van der Waals surface area contributed by atoms with E-state index in [2.05, 4.69) is 64.8 Å². The monoisotopic (exact) mass is 559 g/mol. The van der Waals surface area contributed by atoms with Gasteiger partial charge in [0.2, 0.25) is 10.0 Å². The first-order chi connectivity index (χ1) is 18.5. The van der Waals surface area contributed by atoms with E-state index in [1.165, 1.54) is 29.5 Å². The normalized spacial score (nSPS) is 12.6. The number of carboxylic acids is 1. The van der Waals surface area contributed by atoms with Gasteiger partial charge in [0.25, 0.3) is 0 Å². The highest BCUT2D eigenvalue weighted by molar-refractivity contribution is 7.89. The van der Waals surface area contributed by atoms with E-state index in [1.807, 2.05) is 0 Å². The lowest BCUT2D eigenvalue weighted by Crippen LogP contribution is -2.22. The van der Waals surface area contributed by atoms with E-state index >= 15 is 0 Å². The van der Waals surface area contributed by atoms with Crippen LogP contribution < -0.4 is 0 Å². The minimum absolute atomic E-state index is 0.0894. The molecule has 0 bridgehead atoms. The summed E-state index contributed by atoms with van der Waals surface area (Å²) in [6.07, 6.45) is 0. The zero-order chi connectivity index (χ0) is 29.6. The molecule has 3 aromatic carbocycles. The van der Waals surface area contributed by atoms with Gasteiger partial charge in [-0.1, -0.05) is 71.9 Å². The molecule has 0 unspecified atom stereocenters. The van der Waals surface area contributed by atoms with Gasteiger partial charge in [0.1, 0.15) is 5.69 Å². The van der Waals surface area contributed by atoms with Crippen LogP contribution >= 0.6 is 0 Å². The molecule has 0 spiro atoms. The van der Waals surface area contributed by atoms with Crippen LogP contribution in [0.4, 0.5) is 0 Å². The lowest BCUT2D eigenvalue weighted by atomic mass is 9.79. The highest BCUT2D eigenvalue weighted by Gasteiger charge is 2.25. The van der Waals surface area contributed by atoms with Gasteiger partial charge in [-0.05, 0) is 63.9 Å². The van der Waals surface area contributed by atoms with Crippen LogP contribution in [0.5, 0.6) is 0 Å². The predicted octanol–water partition coefficient (Wildman–Crippen LogP) is 6.95. The molecule has 210 valence electrons. The topological polar surface area (TPSA) is 103 Å². The molecule has 4 aromatic rings. The number of aromatic nitrogens is 2. The number of hydrogen-bond acceptors (Lipinski definition) is 4. The highest BCUT2D eigenvalue weighted by Crippen LogP contribution is 2.41. The molecule has 0 atom stereocenters. The van der Waals surface area contributed by atoms with E-state index in [1.54, 1.807) is 48.5 Å². The van der Waals surface area contributed by atoms with Crippen LogP contribution in [-0.2, 0) is 20.9 Å². The highest BCUT2D eigenvalue weighted by atomic mass is 32.2. The molecule has 7 nitrogen and oxygen atoms in total. The van der Waals surface area contributed by atoms with Crippen LogP contribution in [0.15, 0.2) is 71.6 Å². The fourth-order valence-electron chi connectivity index (χ4n) is 4.45. The number of rotatable bonds is 6. The van der Waals surface area contributed by atoms with E-state index in [9.17, 15) is 18.3 Å². The van der Waals surface area contributed by atoms with Crippen LogP contribution in [0, 0.1) is 0 Å². The molecule has 0 aliphatic heterocycles. The maximum absolute atomic E-state index is 12.7. The zero-order valence-electron chi connectivity index (χ0n) is 24.3. The Kier molecular flexibility index (Phi) is 7.56. The van der Waals surface area contributed by atoms with Gasteiger partial charge in [-0.3, -0.25) is 5.10 Å². The molecule has 0 aliphatic carbocycles. The summed E-state index contributed by atoms with van der Waals surface area (Å²) < 4.78 is 26.6. The van der Waals surface area contributed by atoms with Crippen molar-refractivity contribution in [2.45, 2.75) is 57.3 Å². The van der Waals surface area contributed by atoms with Crippen molar-refractivity contribution in [3.8, 4) is 33.6 Å². The standard InChI is InChI=1S/C32H37N3O4S/c1-31(2,3)24-17-23(18-25(19-24)32(4,5)6)29-27(20-13-15-26(16-14-20)40(38,39)35(7)8)28(33-34-29)21-9-11-22(12-10-21)30(36)37/h9-19H,1-8H3,(H,33,34)(H,36,37). The number of aromatic carboxylic acids is 1. The zero-order valence-corrected chi connectivity index (χ0v) is 25.1. The number of carboxylic acid groups (broad SMARTS) is 1. The quantitative estimate of drug-likeness (QED) is 0.266. The van der Waals surface area contributed by atoms with Crippen LogP contribution in [0.25, 0.3) is 33.6 Å².